The molecule has 1 aromatic carbocycles. The lowest BCUT2D eigenvalue weighted by Crippen LogP contribution is -1.99. The number of carbonyl (C=O) groups is 1. The van der Waals surface area contributed by atoms with Crippen LogP contribution >= 0.6 is 0 Å². The first-order chi connectivity index (χ1) is 9.69. The van der Waals surface area contributed by atoms with Gasteiger partial charge >= 0.3 is 5.97 Å². The van der Waals surface area contributed by atoms with Crippen LogP contribution in [-0.4, -0.2) is 20.5 Å². The number of aromatic carboxylic acids is 1. The Kier molecular flexibility index (Phi) is 2.96. The number of nitrogens with two attached hydrogens (primary N) is 1. The van der Waals surface area contributed by atoms with Gasteiger partial charge in [0.2, 0.25) is 0 Å². The van der Waals surface area contributed by atoms with Gasteiger partial charge in [-0.3, -0.25) is 0 Å². The van der Waals surface area contributed by atoms with E-state index in [1.807, 2.05) is 35.0 Å². The lowest BCUT2D eigenvalue weighted by Gasteiger charge is -1.98. The van der Waals surface area contributed by atoms with Crippen LogP contribution in [0.2, 0.25) is 0 Å². The molecule has 0 unspecified atom stereocenters. The number of rotatable bonds is 3. The van der Waals surface area contributed by atoms with Crippen molar-refractivity contribution in [2.75, 3.05) is 0 Å². The van der Waals surface area contributed by atoms with E-state index in [1.54, 1.807) is 18.2 Å². The molecule has 0 amide bonds. The summed E-state index contributed by atoms with van der Waals surface area (Å²) in [5, 5.41) is 9.04. The van der Waals surface area contributed by atoms with E-state index in [1.165, 1.54) is 0 Å². The van der Waals surface area contributed by atoms with Crippen molar-refractivity contribution in [3.8, 4) is 11.3 Å². The quantitative estimate of drug-likeness (QED) is 0.762. The van der Waals surface area contributed by atoms with Crippen LogP contribution in [0.1, 0.15) is 15.9 Å². The van der Waals surface area contributed by atoms with Gasteiger partial charge in [0.15, 0.2) is 0 Å². The molecule has 2 aromatic heterocycles. The molecule has 5 nitrogen and oxygen atoms in total. The Morgan fingerprint density at radius 3 is 2.90 bits per heavy atom. The number of imidazole rings is 1. The molecule has 0 atom stereocenters. The van der Waals surface area contributed by atoms with Crippen molar-refractivity contribution in [2.45, 2.75) is 6.54 Å². The second kappa shape index (κ2) is 4.79. The van der Waals surface area contributed by atoms with Crippen molar-refractivity contribution >= 4 is 11.6 Å². The fourth-order valence-corrected chi connectivity index (χ4v) is 2.18. The first kappa shape index (κ1) is 12.4. The molecule has 0 spiro atoms. The van der Waals surface area contributed by atoms with E-state index < -0.39 is 5.97 Å². The lowest BCUT2D eigenvalue weighted by atomic mass is 10.1. The number of nitrogens with zero attached hydrogens (tertiary/aromatic N) is 2. The normalized spacial score (nSPS) is 10.8. The van der Waals surface area contributed by atoms with Crippen molar-refractivity contribution in [1.82, 2.24) is 9.38 Å². The van der Waals surface area contributed by atoms with E-state index in [2.05, 4.69) is 4.98 Å². The van der Waals surface area contributed by atoms with Crippen molar-refractivity contribution in [2.24, 2.45) is 5.73 Å². The van der Waals surface area contributed by atoms with E-state index in [9.17, 15) is 4.79 Å². The molecule has 0 saturated carbocycles. The standard InChI is InChI=1S/C15H13N3O2/c16-8-12-5-2-6-18-9-13(17-14(12)18)10-3-1-4-11(7-10)15(19)20/h1-7,9H,8,16H2,(H,19,20). The maximum Gasteiger partial charge on any atom is 0.335 e. The number of carboxylic acid groups (broad SMARTS) is 1. The summed E-state index contributed by atoms with van der Waals surface area (Å²) in [4.78, 5) is 15.6. The summed E-state index contributed by atoms with van der Waals surface area (Å²) >= 11 is 0. The average molecular weight is 267 g/mol. The zero-order valence-electron chi connectivity index (χ0n) is 10.7. The van der Waals surface area contributed by atoms with Crippen molar-refractivity contribution < 1.29 is 9.90 Å². The molecule has 0 radical (unpaired) electrons. The minimum absolute atomic E-state index is 0.249. The summed E-state index contributed by atoms with van der Waals surface area (Å²) in [5.41, 5.74) is 9.20. The van der Waals surface area contributed by atoms with E-state index >= 15 is 0 Å². The Balaban J connectivity index is 2.15. The van der Waals surface area contributed by atoms with Crippen molar-refractivity contribution in [1.29, 1.82) is 0 Å². The smallest absolute Gasteiger partial charge is 0.335 e. The molecule has 2 heterocycles. The SMILES string of the molecule is NCc1cccn2cc(-c3cccc(C(=O)O)c3)nc12. The van der Waals surface area contributed by atoms with E-state index in [0.717, 1.165) is 22.5 Å². The molecule has 0 saturated heterocycles. The third-order valence-electron chi connectivity index (χ3n) is 3.19. The molecular weight excluding hydrogens is 254 g/mol. The van der Waals surface area contributed by atoms with Crippen LogP contribution in [0.4, 0.5) is 0 Å². The first-order valence-electron chi connectivity index (χ1n) is 6.19. The van der Waals surface area contributed by atoms with Gasteiger partial charge in [0.05, 0.1) is 11.3 Å². The number of hydrogen-bond acceptors (Lipinski definition) is 3. The van der Waals surface area contributed by atoms with Crippen molar-refractivity contribution in [3.05, 3.63) is 59.9 Å². The van der Waals surface area contributed by atoms with Crippen molar-refractivity contribution in [3.63, 3.8) is 0 Å². The van der Waals surface area contributed by atoms with Gasteiger partial charge in [-0.25, -0.2) is 9.78 Å². The molecule has 3 N–H and O–H groups in total. The Bertz CT molecular complexity index is 793. The minimum Gasteiger partial charge on any atom is -0.478 e. The Morgan fingerprint density at radius 2 is 2.15 bits per heavy atom. The third kappa shape index (κ3) is 2.04. The molecule has 3 rings (SSSR count). The zero-order chi connectivity index (χ0) is 14.1. The Hall–Kier alpha value is -2.66. The highest BCUT2D eigenvalue weighted by Gasteiger charge is 2.09. The monoisotopic (exact) mass is 267 g/mol. The van der Waals surface area contributed by atoms with Gasteiger partial charge < -0.3 is 15.2 Å². The molecular formula is C15H13N3O2. The zero-order valence-corrected chi connectivity index (χ0v) is 10.7. The number of fused-ring (bicyclic) bond motifs is 1. The molecule has 0 aliphatic rings. The van der Waals surface area contributed by atoms with Gasteiger partial charge in [-0.2, -0.15) is 0 Å². The summed E-state index contributed by atoms with van der Waals surface area (Å²) in [6.45, 7) is 0.413. The van der Waals surface area contributed by atoms with Crippen LogP contribution in [-0.2, 0) is 6.54 Å². The van der Waals surface area contributed by atoms with Crippen LogP contribution in [0.15, 0.2) is 48.8 Å². The van der Waals surface area contributed by atoms with Crippen LogP contribution in [0.3, 0.4) is 0 Å². The van der Waals surface area contributed by atoms with Crippen LogP contribution in [0, 0.1) is 0 Å². The Morgan fingerprint density at radius 1 is 1.30 bits per heavy atom. The minimum atomic E-state index is -0.946. The van der Waals surface area contributed by atoms with Crippen LogP contribution in [0.5, 0.6) is 0 Å². The molecule has 3 aromatic rings. The van der Waals surface area contributed by atoms with E-state index in [0.29, 0.717) is 6.54 Å². The first-order valence-corrected chi connectivity index (χ1v) is 6.19. The van der Waals surface area contributed by atoms with Gasteiger partial charge in [-0.15, -0.1) is 0 Å². The molecule has 100 valence electrons. The number of hydrogen-bond donors (Lipinski definition) is 2. The lowest BCUT2D eigenvalue weighted by molar-refractivity contribution is 0.0697. The largest absolute Gasteiger partial charge is 0.478 e. The number of pyridine rings is 1. The van der Waals surface area contributed by atoms with Gasteiger partial charge in [-0.1, -0.05) is 18.2 Å². The average Bonchev–Trinajstić information content (AvgIpc) is 2.91. The maximum absolute atomic E-state index is 11.0. The highest BCUT2D eigenvalue weighted by molar-refractivity contribution is 5.89. The van der Waals surface area contributed by atoms with E-state index in [4.69, 9.17) is 10.8 Å². The second-order valence-electron chi connectivity index (χ2n) is 4.48. The number of carboxylic acids is 1. The van der Waals surface area contributed by atoms with Gasteiger partial charge in [0, 0.05) is 30.1 Å². The maximum atomic E-state index is 11.0. The third-order valence-corrected chi connectivity index (χ3v) is 3.19. The van der Waals surface area contributed by atoms with Gasteiger partial charge in [0.25, 0.3) is 0 Å². The molecule has 0 bridgehead atoms. The highest BCUT2D eigenvalue weighted by Crippen LogP contribution is 2.21. The fraction of sp³-hybridized carbons (Fsp3) is 0.0667. The fourth-order valence-electron chi connectivity index (χ4n) is 2.18. The van der Waals surface area contributed by atoms with Gasteiger partial charge in [-0.05, 0) is 18.2 Å². The second-order valence-corrected chi connectivity index (χ2v) is 4.48. The topological polar surface area (TPSA) is 80.6 Å². The predicted molar refractivity (Wildman–Crippen MR) is 75.5 cm³/mol. The predicted octanol–water partition coefficient (Wildman–Crippen LogP) is 2.16. The van der Waals surface area contributed by atoms with E-state index in [-0.39, 0.29) is 5.56 Å². The summed E-state index contributed by atoms with van der Waals surface area (Å²) in [5.74, 6) is -0.946. The summed E-state index contributed by atoms with van der Waals surface area (Å²) in [7, 11) is 0. The summed E-state index contributed by atoms with van der Waals surface area (Å²) in [6, 6.07) is 10.6. The molecule has 0 fully saturated rings. The molecule has 0 aliphatic heterocycles. The summed E-state index contributed by atoms with van der Waals surface area (Å²) in [6.07, 6.45) is 3.77. The van der Waals surface area contributed by atoms with Gasteiger partial charge in [0.1, 0.15) is 5.65 Å². The highest BCUT2D eigenvalue weighted by atomic mass is 16.4. The molecule has 20 heavy (non-hydrogen) atoms. The van der Waals surface area contributed by atoms with Crippen LogP contribution in [0.25, 0.3) is 16.9 Å². The number of benzene rings is 1. The summed E-state index contributed by atoms with van der Waals surface area (Å²) < 4.78 is 1.89. The Labute approximate surface area is 115 Å². The van der Waals surface area contributed by atoms with Crippen LogP contribution < -0.4 is 5.73 Å². The number of aromatic nitrogens is 2. The molecule has 5 heteroatoms. The molecule has 0 aliphatic carbocycles.